The van der Waals surface area contributed by atoms with Gasteiger partial charge in [0.15, 0.2) is 0 Å². The molecule has 16 heavy (non-hydrogen) atoms. The van der Waals surface area contributed by atoms with E-state index >= 15 is 0 Å². The molecule has 4 unspecified atom stereocenters. The summed E-state index contributed by atoms with van der Waals surface area (Å²) in [5.41, 5.74) is 3.20. The zero-order valence-corrected chi connectivity index (χ0v) is 14.1. The third kappa shape index (κ3) is 2.42. The molecule has 1 aliphatic carbocycles. The Bertz CT molecular complexity index is 362. The fourth-order valence-electron chi connectivity index (χ4n) is 2.61. The molecule has 88 valence electrons. The molecule has 1 aliphatic rings. The normalized spacial score (nSPS) is 30.9. The van der Waals surface area contributed by atoms with Crippen LogP contribution in [0.5, 0.6) is 0 Å². The van der Waals surface area contributed by atoms with E-state index in [-0.39, 0.29) is 0 Å². The van der Waals surface area contributed by atoms with E-state index < -0.39 is 0 Å². The van der Waals surface area contributed by atoms with Crippen LogP contribution in [-0.2, 0) is 0 Å². The Balaban J connectivity index is 2.40. The summed E-state index contributed by atoms with van der Waals surface area (Å²) in [5.74, 6) is 1.58. The van der Waals surface area contributed by atoms with Crippen LogP contribution in [0.3, 0.4) is 0 Å². The second kappa shape index (κ2) is 5.55. The molecule has 0 spiro atoms. The van der Waals surface area contributed by atoms with Gasteiger partial charge in [0.25, 0.3) is 0 Å². The highest BCUT2D eigenvalue weighted by Crippen LogP contribution is 2.48. The lowest BCUT2D eigenvalue weighted by Gasteiger charge is -2.35. The van der Waals surface area contributed by atoms with Crippen molar-refractivity contribution < 1.29 is 0 Å². The van der Waals surface area contributed by atoms with Crippen LogP contribution < -0.4 is 0 Å². The first-order valence-corrected chi connectivity index (χ1v) is 8.51. The second-order valence-electron chi connectivity index (χ2n) is 4.77. The fourth-order valence-corrected chi connectivity index (χ4v) is 4.40. The zero-order chi connectivity index (χ0) is 11.7. The van der Waals surface area contributed by atoms with E-state index in [2.05, 4.69) is 83.3 Å². The van der Waals surface area contributed by atoms with Crippen LogP contribution in [0.2, 0.25) is 0 Å². The van der Waals surface area contributed by atoms with Crippen LogP contribution in [0.1, 0.15) is 47.7 Å². The van der Waals surface area contributed by atoms with Crippen molar-refractivity contribution in [3.63, 3.8) is 0 Å². The Labute approximate surface area is 126 Å². The lowest BCUT2D eigenvalue weighted by atomic mass is 9.75. The summed E-state index contributed by atoms with van der Waals surface area (Å²) in [6.45, 7) is 4.71. The Hall–Kier alpha value is 0.680. The number of hydrogen-bond donors (Lipinski definition) is 0. The maximum atomic E-state index is 2.64. The Morgan fingerprint density at radius 1 is 1.25 bits per heavy atom. The monoisotopic (exact) mass is 440 g/mol. The van der Waals surface area contributed by atoms with E-state index in [1.807, 2.05) is 0 Å². The number of fused-ring (bicyclic) bond motifs is 1. The molecule has 0 aliphatic heterocycles. The van der Waals surface area contributed by atoms with E-state index in [4.69, 9.17) is 0 Å². The van der Waals surface area contributed by atoms with Crippen LogP contribution in [0.15, 0.2) is 24.3 Å². The van der Waals surface area contributed by atoms with E-state index in [0.717, 1.165) is 15.8 Å². The molecule has 0 nitrogen and oxygen atoms in total. The van der Waals surface area contributed by atoms with E-state index in [9.17, 15) is 0 Å². The van der Waals surface area contributed by atoms with Crippen LogP contribution in [0, 0.1) is 5.92 Å². The van der Waals surface area contributed by atoms with Crippen LogP contribution in [0.4, 0.5) is 0 Å². The van der Waals surface area contributed by atoms with Crippen molar-refractivity contribution in [1.82, 2.24) is 0 Å². The van der Waals surface area contributed by atoms with Gasteiger partial charge < -0.3 is 0 Å². The van der Waals surface area contributed by atoms with Crippen molar-refractivity contribution in [1.29, 1.82) is 0 Å². The molecule has 2 rings (SSSR count). The molecule has 0 N–H and O–H groups in total. The van der Waals surface area contributed by atoms with Crippen LogP contribution in [-0.4, -0.2) is 3.92 Å². The van der Waals surface area contributed by atoms with Gasteiger partial charge in [-0.05, 0) is 29.4 Å². The average molecular weight is 440 g/mol. The molecule has 0 bridgehead atoms. The van der Waals surface area contributed by atoms with Gasteiger partial charge in [0, 0.05) is 7.85 Å². The van der Waals surface area contributed by atoms with Crippen LogP contribution in [0.25, 0.3) is 0 Å². The van der Waals surface area contributed by atoms with E-state index in [0.29, 0.717) is 3.92 Å². The van der Waals surface area contributed by atoms with E-state index in [1.165, 1.54) is 12.8 Å². The number of alkyl halides is 2. The first kappa shape index (κ1) is 13.1. The zero-order valence-electron chi connectivity index (χ0n) is 9.79. The maximum absolute atomic E-state index is 2.64. The minimum Gasteiger partial charge on any atom is -0.0811 e. The summed E-state index contributed by atoms with van der Waals surface area (Å²) >= 11 is 5.25. The standard InChI is InChI=1S/C14H18I2/c1-3-9(2)12-8-13(15)14(16)11-7-5-4-6-10(11)12/h4-7,9,12-14H,3,8H2,1-2H3. The highest BCUT2D eigenvalue weighted by Gasteiger charge is 2.33. The highest BCUT2D eigenvalue weighted by molar-refractivity contribution is 14.1. The third-order valence-electron chi connectivity index (χ3n) is 3.82. The van der Waals surface area contributed by atoms with Crippen molar-refractivity contribution in [2.45, 2.75) is 40.5 Å². The largest absolute Gasteiger partial charge is 0.0811 e. The Kier molecular flexibility index (Phi) is 4.55. The van der Waals surface area contributed by atoms with Gasteiger partial charge in [-0.2, -0.15) is 0 Å². The number of hydrogen-bond acceptors (Lipinski definition) is 0. The van der Waals surface area contributed by atoms with Crippen molar-refractivity contribution in [2.24, 2.45) is 5.92 Å². The molecule has 0 radical (unpaired) electrons. The van der Waals surface area contributed by atoms with E-state index in [1.54, 1.807) is 11.1 Å². The first-order chi connectivity index (χ1) is 7.65. The molecule has 0 aromatic heterocycles. The fraction of sp³-hybridized carbons (Fsp3) is 0.571. The molecule has 1 aromatic rings. The summed E-state index contributed by atoms with van der Waals surface area (Å²) in [7, 11) is 0. The molecule has 0 fully saturated rings. The van der Waals surface area contributed by atoms with Crippen molar-refractivity contribution in [3.8, 4) is 0 Å². The maximum Gasteiger partial charge on any atom is 0.0480 e. The topological polar surface area (TPSA) is 0 Å². The summed E-state index contributed by atoms with van der Waals surface area (Å²) in [4.78, 5) is 0. The molecule has 0 heterocycles. The summed E-state index contributed by atoms with van der Waals surface area (Å²) < 4.78 is 1.47. The molecule has 0 saturated heterocycles. The minimum atomic E-state index is 0.690. The number of halogens is 2. The van der Waals surface area contributed by atoms with Crippen LogP contribution >= 0.6 is 45.2 Å². The third-order valence-corrected chi connectivity index (χ3v) is 7.96. The number of rotatable bonds is 2. The quantitative estimate of drug-likeness (QED) is 0.421. The minimum absolute atomic E-state index is 0.690. The summed E-state index contributed by atoms with van der Waals surface area (Å²) in [6.07, 6.45) is 2.63. The van der Waals surface area contributed by atoms with Gasteiger partial charge in [-0.3, -0.25) is 0 Å². The second-order valence-corrected chi connectivity index (χ2v) is 7.72. The molecule has 2 heteroatoms. The van der Waals surface area contributed by atoms with Crippen molar-refractivity contribution in [3.05, 3.63) is 35.4 Å². The molecular weight excluding hydrogens is 422 g/mol. The number of benzene rings is 1. The molecule has 0 saturated carbocycles. The van der Waals surface area contributed by atoms with Gasteiger partial charge in [-0.25, -0.2) is 0 Å². The molecule has 1 aromatic carbocycles. The Morgan fingerprint density at radius 2 is 1.88 bits per heavy atom. The SMILES string of the molecule is CCC(C)C1CC(I)C(I)c2ccccc21. The van der Waals surface area contributed by atoms with Crippen molar-refractivity contribution in [2.75, 3.05) is 0 Å². The van der Waals surface area contributed by atoms with Gasteiger partial charge in [-0.15, -0.1) is 0 Å². The predicted molar refractivity (Wildman–Crippen MR) is 87.8 cm³/mol. The van der Waals surface area contributed by atoms with Gasteiger partial charge >= 0.3 is 0 Å². The molecular formula is C14H18I2. The predicted octanol–water partition coefficient (Wildman–Crippen LogP) is 5.50. The Morgan fingerprint density at radius 3 is 2.50 bits per heavy atom. The summed E-state index contributed by atoms with van der Waals surface area (Å²) in [6, 6.07) is 9.06. The van der Waals surface area contributed by atoms with Gasteiger partial charge in [-0.1, -0.05) is 89.7 Å². The van der Waals surface area contributed by atoms with Gasteiger partial charge in [0.1, 0.15) is 0 Å². The smallest absolute Gasteiger partial charge is 0.0480 e. The molecule has 0 amide bonds. The van der Waals surface area contributed by atoms with Gasteiger partial charge in [0.05, 0.1) is 0 Å². The lowest BCUT2D eigenvalue weighted by molar-refractivity contribution is 0.406. The first-order valence-electron chi connectivity index (χ1n) is 6.02. The lowest BCUT2D eigenvalue weighted by Crippen LogP contribution is -2.24. The summed E-state index contributed by atoms with van der Waals surface area (Å²) in [5, 5.41) is 0. The van der Waals surface area contributed by atoms with Crippen molar-refractivity contribution >= 4 is 45.2 Å². The highest BCUT2D eigenvalue weighted by atomic mass is 127. The average Bonchev–Trinajstić information content (AvgIpc) is 2.33. The molecule has 4 atom stereocenters. The van der Waals surface area contributed by atoms with Gasteiger partial charge in [0.2, 0.25) is 0 Å².